The second kappa shape index (κ2) is 8.37. The van der Waals surface area contributed by atoms with Crippen LogP contribution >= 0.6 is 0 Å². The quantitative estimate of drug-likeness (QED) is 0.524. The largest absolute Gasteiger partial charge is 0.482 e. The predicted octanol–water partition coefficient (Wildman–Crippen LogP) is 2.32. The molecule has 0 amide bonds. The lowest BCUT2D eigenvalue weighted by molar-refractivity contribution is -0.139. The van der Waals surface area contributed by atoms with Gasteiger partial charge in [-0.1, -0.05) is 12.1 Å². The van der Waals surface area contributed by atoms with E-state index in [2.05, 4.69) is 14.7 Å². The van der Waals surface area contributed by atoms with Gasteiger partial charge in [-0.3, -0.25) is 9.52 Å². The van der Waals surface area contributed by atoms with Gasteiger partial charge in [0.05, 0.1) is 4.90 Å². The first-order valence-corrected chi connectivity index (χ1v) is 10.3. The number of benzene rings is 2. The summed E-state index contributed by atoms with van der Waals surface area (Å²) in [5.41, 5.74) is 1.56. The normalized spacial score (nSPS) is 11.1. The van der Waals surface area contributed by atoms with Crippen LogP contribution in [0, 0.1) is 13.8 Å². The van der Waals surface area contributed by atoms with E-state index in [1.807, 2.05) is 0 Å². The van der Waals surface area contributed by atoms with Crippen LogP contribution in [0.25, 0.3) is 11.4 Å². The summed E-state index contributed by atoms with van der Waals surface area (Å²) in [4.78, 5) is 29.2. The van der Waals surface area contributed by atoms with Crippen molar-refractivity contribution < 1.29 is 23.1 Å². The Morgan fingerprint density at radius 1 is 1.17 bits per heavy atom. The monoisotopic (exact) mass is 429 g/mol. The average molecular weight is 429 g/mol. The number of hydrogen-bond donors (Lipinski definition) is 3. The summed E-state index contributed by atoms with van der Waals surface area (Å²) in [6.45, 7) is 2.79. The second-order valence-electron chi connectivity index (χ2n) is 6.53. The standard InChI is InChI=1S/C20H19N3O6S/c1-12-8-16(6-7-17(12)29-11-19(25)26)30(27,28)23-15-5-3-4-14(10-15)20-21-13(2)9-18(24)22-20/h3-10,23H,11H2,1-2H3,(H,25,26)(H,21,22,24). The Bertz CT molecular complexity index is 1270. The van der Waals surface area contributed by atoms with Crippen molar-refractivity contribution in [3.05, 3.63) is 70.1 Å². The van der Waals surface area contributed by atoms with Crippen LogP contribution in [0.3, 0.4) is 0 Å². The molecule has 2 aromatic carbocycles. The van der Waals surface area contributed by atoms with Gasteiger partial charge in [-0.15, -0.1) is 0 Å². The molecule has 0 atom stereocenters. The first kappa shape index (κ1) is 21.1. The molecule has 0 aliphatic carbocycles. The Labute approximate surface area is 172 Å². The van der Waals surface area contributed by atoms with Crippen LogP contribution in [0.5, 0.6) is 5.75 Å². The number of nitrogens with zero attached hydrogens (tertiary/aromatic N) is 1. The molecule has 3 rings (SSSR count). The topological polar surface area (TPSA) is 138 Å². The fourth-order valence-corrected chi connectivity index (χ4v) is 3.88. The number of H-pyrrole nitrogens is 1. The third kappa shape index (κ3) is 5.03. The zero-order valence-electron chi connectivity index (χ0n) is 16.2. The summed E-state index contributed by atoms with van der Waals surface area (Å²) < 4.78 is 33.1. The van der Waals surface area contributed by atoms with Crippen molar-refractivity contribution >= 4 is 21.7 Å². The number of carboxylic acids is 1. The number of carbonyl (C=O) groups is 1. The van der Waals surface area contributed by atoms with Crippen molar-refractivity contribution in [1.82, 2.24) is 9.97 Å². The molecule has 0 radical (unpaired) electrons. The van der Waals surface area contributed by atoms with E-state index in [0.29, 0.717) is 28.3 Å². The lowest BCUT2D eigenvalue weighted by Gasteiger charge is -2.12. The predicted molar refractivity (Wildman–Crippen MR) is 110 cm³/mol. The lowest BCUT2D eigenvalue weighted by Crippen LogP contribution is -2.14. The van der Waals surface area contributed by atoms with Gasteiger partial charge >= 0.3 is 5.97 Å². The van der Waals surface area contributed by atoms with E-state index >= 15 is 0 Å². The number of aromatic nitrogens is 2. The SMILES string of the molecule is Cc1cc(=O)[nH]c(-c2cccc(NS(=O)(=O)c3ccc(OCC(=O)O)c(C)c3)c2)n1. The summed E-state index contributed by atoms with van der Waals surface area (Å²) in [7, 11) is -3.91. The molecule has 0 unspecified atom stereocenters. The Morgan fingerprint density at radius 2 is 1.93 bits per heavy atom. The van der Waals surface area contributed by atoms with Crippen molar-refractivity contribution in [2.75, 3.05) is 11.3 Å². The highest BCUT2D eigenvalue weighted by Gasteiger charge is 2.17. The van der Waals surface area contributed by atoms with Gasteiger partial charge in [0.1, 0.15) is 11.6 Å². The fourth-order valence-electron chi connectivity index (χ4n) is 2.75. The Balaban J connectivity index is 1.86. The van der Waals surface area contributed by atoms with Gasteiger partial charge < -0.3 is 14.8 Å². The molecule has 0 saturated heterocycles. The van der Waals surface area contributed by atoms with Crippen LogP contribution in [0.15, 0.2) is 58.2 Å². The molecule has 3 aromatic rings. The van der Waals surface area contributed by atoms with Crippen molar-refractivity contribution in [1.29, 1.82) is 0 Å². The number of anilines is 1. The van der Waals surface area contributed by atoms with Gasteiger partial charge in [-0.2, -0.15) is 0 Å². The van der Waals surface area contributed by atoms with Crippen molar-refractivity contribution in [2.24, 2.45) is 0 Å². The molecule has 30 heavy (non-hydrogen) atoms. The average Bonchev–Trinajstić information content (AvgIpc) is 2.66. The van der Waals surface area contributed by atoms with E-state index < -0.39 is 22.6 Å². The maximum Gasteiger partial charge on any atom is 0.341 e. The Hall–Kier alpha value is -3.66. The molecule has 0 saturated carbocycles. The van der Waals surface area contributed by atoms with Crippen LogP contribution in [-0.4, -0.2) is 36.1 Å². The van der Waals surface area contributed by atoms with Crippen LogP contribution in [-0.2, 0) is 14.8 Å². The maximum absolute atomic E-state index is 12.8. The van der Waals surface area contributed by atoms with Crippen molar-refractivity contribution in [3.8, 4) is 17.1 Å². The van der Waals surface area contributed by atoms with E-state index in [-0.39, 0.29) is 16.2 Å². The third-order valence-electron chi connectivity index (χ3n) is 4.07. The number of rotatable bonds is 7. The summed E-state index contributed by atoms with van der Waals surface area (Å²) in [5, 5.41) is 8.69. The minimum Gasteiger partial charge on any atom is -0.482 e. The zero-order chi connectivity index (χ0) is 21.9. The van der Waals surface area contributed by atoms with Gasteiger partial charge in [0.2, 0.25) is 0 Å². The lowest BCUT2D eigenvalue weighted by atomic mass is 10.2. The number of sulfonamides is 1. The zero-order valence-corrected chi connectivity index (χ0v) is 17.0. The molecule has 9 nitrogen and oxygen atoms in total. The van der Waals surface area contributed by atoms with E-state index in [4.69, 9.17) is 9.84 Å². The highest BCUT2D eigenvalue weighted by Crippen LogP contribution is 2.25. The first-order chi connectivity index (χ1) is 14.1. The van der Waals surface area contributed by atoms with Crippen LogP contribution in [0.2, 0.25) is 0 Å². The number of hydrogen-bond acceptors (Lipinski definition) is 6. The summed E-state index contributed by atoms with van der Waals surface area (Å²) in [6, 6.07) is 12.0. The molecule has 0 aliphatic rings. The minimum atomic E-state index is -3.91. The smallest absolute Gasteiger partial charge is 0.341 e. The molecular weight excluding hydrogens is 410 g/mol. The van der Waals surface area contributed by atoms with Crippen molar-refractivity contribution in [2.45, 2.75) is 18.7 Å². The van der Waals surface area contributed by atoms with E-state index in [9.17, 15) is 18.0 Å². The summed E-state index contributed by atoms with van der Waals surface area (Å²) in [5.74, 6) is -0.512. The number of aliphatic carboxylic acids is 1. The van der Waals surface area contributed by atoms with Crippen LogP contribution in [0.4, 0.5) is 5.69 Å². The molecule has 1 aromatic heterocycles. The van der Waals surface area contributed by atoms with Gasteiger partial charge in [0, 0.05) is 23.0 Å². The number of carboxylic acid groups (broad SMARTS) is 1. The molecule has 0 spiro atoms. The molecule has 10 heteroatoms. The molecule has 3 N–H and O–H groups in total. The molecule has 0 aliphatic heterocycles. The number of aryl methyl sites for hydroxylation is 2. The highest BCUT2D eigenvalue weighted by molar-refractivity contribution is 7.92. The van der Waals surface area contributed by atoms with E-state index in [0.717, 1.165) is 0 Å². The maximum atomic E-state index is 12.8. The van der Waals surface area contributed by atoms with Gasteiger partial charge in [0.15, 0.2) is 6.61 Å². The molecular formula is C20H19N3O6S. The minimum absolute atomic E-state index is 0.00448. The summed E-state index contributed by atoms with van der Waals surface area (Å²) >= 11 is 0. The van der Waals surface area contributed by atoms with Crippen molar-refractivity contribution in [3.63, 3.8) is 0 Å². The van der Waals surface area contributed by atoms with Crippen LogP contribution in [0.1, 0.15) is 11.3 Å². The second-order valence-corrected chi connectivity index (χ2v) is 8.21. The van der Waals surface area contributed by atoms with Crippen LogP contribution < -0.4 is 15.0 Å². The van der Waals surface area contributed by atoms with Gasteiger partial charge in [0.25, 0.3) is 15.6 Å². The Morgan fingerprint density at radius 3 is 2.60 bits per heavy atom. The van der Waals surface area contributed by atoms with E-state index in [1.165, 1.54) is 24.3 Å². The van der Waals surface area contributed by atoms with E-state index in [1.54, 1.807) is 38.1 Å². The fraction of sp³-hybridized carbons (Fsp3) is 0.150. The molecule has 1 heterocycles. The first-order valence-electron chi connectivity index (χ1n) is 8.80. The number of nitrogens with one attached hydrogen (secondary N) is 2. The van der Waals surface area contributed by atoms with Gasteiger partial charge in [-0.05, 0) is 49.7 Å². The highest BCUT2D eigenvalue weighted by atomic mass is 32.2. The Kier molecular flexibility index (Phi) is 5.88. The molecule has 0 fully saturated rings. The third-order valence-corrected chi connectivity index (χ3v) is 5.44. The number of ether oxygens (including phenoxy) is 1. The number of aromatic amines is 1. The summed E-state index contributed by atoms with van der Waals surface area (Å²) in [6.07, 6.45) is 0. The molecule has 156 valence electrons. The molecule has 0 bridgehead atoms. The van der Waals surface area contributed by atoms with Gasteiger partial charge in [-0.25, -0.2) is 18.2 Å².